The smallest absolute Gasteiger partial charge is 0.255 e. The zero-order valence-corrected chi connectivity index (χ0v) is 19.3. The van der Waals surface area contributed by atoms with Gasteiger partial charge in [0.1, 0.15) is 23.0 Å². The molecule has 176 valence electrons. The quantitative estimate of drug-likeness (QED) is 0.385. The van der Waals surface area contributed by atoms with Gasteiger partial charge in [-0.15, -0.1) is 0 Å². The number of carbonyl (C=O) groups is 1. The SMILES string of the molecule is CC1(C)Cc2c3c(cc(C(=O)NCc4ccc(F)cc4)c2O1)NC(Nc1c(F)cccc1Cl)N3. The Balaban J connectivity index is 1.41. The van der Waals surface area contributed by atoms with E-state index in [2.05, 4.69) is 21.3 Å². The number of rotatable bonds is 5. The second-order valence-corrected chi connectivity index (χ2v) is 9.37. The van der Waals surface area contributed by atoms with Gasteiger partial charge in [-0.05, 0) is 49.7 Å². The molecule has 1 unspecified atom stereocenters. The van der Waals surface area contributed by atoms with Crippen molar-refractivity contribution in [2.45, 2.75) is 38.7 Å². The third kappa shape index (κ3) is 4.21. The van der Waals surface area contributed by atoms with Gasteiger partial charge in [0.15, 0.2) is 6.29 Å². The van der Waals surface area contributed by atoms with Crippen LogP contribution in [0, 0.1) is 11.6 Å². The van der Waals surface area contributed by atoms with Gasteiger partial charge in [-0.1, -0.05) is 29.8 Å². The number of anilines is 3. The molecule has 0 fully saturated rings. The van der Waals surface area contributed by atoms with Gasteiger partial charge in [-0.2, -0.15) is 0 Å². The standard InChI is InChI=1S/C25H23ClF2N4O2/c1-25(2)11-16-20-19(30-24(31-20)32-21-17(26)4-3-5-18(21)28)10-15(22(16)34-25)23(33)29-12-13-6-8-14(27)9-7-13/h3-10,24,30-32H,11-12H2,1-2H3,(H,29,33). The lowest BCUT2D eigenvalue weighted by molar-refractivity contribution is 0.0937. The summed E-state index contributed by atoms with van der Waals surface area (Å²) in [6.07, 6.45) is 0.0424. The third-order valence-corrected chi connectivity index (χ3v) is 6.13. The molecular formula is C25H23ClF2N4O2. The van der Waals surface area contributed by atoms with Gasteiger partial charge in [0.2, 0.25) is 0 Å². The van der Waals surface area contributed by atoms with Crippen molar-refractivity contribution in [3.05, 3.63) is 81.9 Å². The van der Waals surface area contributed by atoms with Gasteiger partial charge in [-0.25, -0.2) is 8.78 Å². The number of nitrogens with one attached hydrogen (secondary N) is 4. The maximum atomic E-state index is 14.3. The largest absolute Gasteiger partial charge is 0.486 e. The van der Waals surface area contributed by atoms with E-state index >= 15 is 0 Å². The lowest BCUT2D eigenvalue weighted by Crippen LogP contribution is -2.32. The summed E-state index contributed by atoms with van der Waals surface area (Å²) >= 11 is 6.16. The van der Waals surface area contributed by atoms with Gasteiger partial charge < -0.3 is 26.0 Å². The third-order valence-electron chi connectivity index (χ3n) is 5.81. The Kier molecular flexibility index (Phi) is 5.48. The minimum absolute atomic E-state index is 0.174. The van der Waals surface area contributed by atoms with E-state index in [1.165, 1.54) is 24.3 Å². The average Bonchev–Trinajstić information content (AvgIpc) is 3.34. The first-order valence-electron chi connectivity index (χ1n) is 10.9. The number of hydrogen-bond acceptors (Lipinski definition) is 5. The Hall–Kier alpha value is -3.52. The van der Waals surface area contributed by atoms with Crippen molar-refractivity contribution in [2.24, 2.45) is 0 Å². The van der Waals surface area contributed by atoms with Crippen molar-refractivity contribution in [3.63, 3.8) is 0 Å². The molecule has 2 heterocycles. The maximum absolute atomic E-state index is 14.3. The molecule has 0 aromatic heterocycles. The Morgan fingerprint density at radius 1 is 1.18 bits per heavy atom. The molecule has 0 bridgehead atoms. The number of para-hydroxylation sites is 1. The molecule has 0 radical (unpaired) electrons. The van der Waals surface area contributed by atoms with Crippen LogP contribution < -0.4 is 26.0 Å². The van der Waals surface area contributed by atoms with Gasteiger partial charge in [0, 0.05) is 18.5 Å². The molecule has 0 saturated heterocycles. The van der Waals surface area contributed by atoms with Crippen LogP contribution in [0.25, 0.3) is 0 Å². The summed E-state index contributed by atoms with van der Waals surface area (Å²) in [5, 5.41) is 12.7. The van der Waals surface area contributed by atoms with Gasteiger partial charge in [0.25, 0.3) is 5.91 Å². The van der Waals surface area contributed by atoms with E-state index in [9.17, 15) is 13.6 Å². The minimum atomic E-state index is -0.547. The fourth-order valence-electron chi connectivity index (χ4n) is 4.26. The van der Waals surface area contributed by atoms with Crippen LogP contribution in [0.15, 0.2) is 48.5 Å². The molecule has 4 N–H and O–H groups in total. The number of amides is 1. The summed E-state index contributed by atoms with van der Waals surface area (Å²) in [7, 11) is 0. The van der Waals surface area contributed by atoms with Crippen LogP contribution in [0.4, 0.5) is 25.8 Å². The van der Waals surface area contributed by atoms with Crippen molar-refractivity contribution < 1.29 is 18.3 Å². The fourth-order valence-corrected chi connectivity index (χ4v) is 4.48. The number of ether oxygens (including phenoxy) is 1. The number of carbonyl (C=O) groups excluding carboxylic acids is 1. The Morgan fingerprint density at radius 2 is 1.94 bits per heavy atom. The predicted octanol–water partition coefficient (Wildman–Crippen LogP) is 5.49. The van der Waals surface area contributed by atoms with Crippen LogP contribution in [0.3, 0.4) is 0 Å². The second-order valence-electron chi connectivity index (χ2n) is 8.96. The molecule has 0 saturated carbocycles. The van der Waals surface area contributed by atoms with Crippen LogP contribution in [-0.2, 0) is 13.0 Å². The molecule has 1 amide bonds. The lowest BCUT2D eigenvalue weighted by Gasteiger charge is -2.18. The van der Waals surface area contributed by atoms with Crippen molar-refractivity contribution in [3.8, 4) is 5.75 Å². The molecule has 6 nitrogen and oxygen atoms in total. The Bertz CT molecular complexity index is 1260. The van der Waals surface area contributed by atoms with Crippen molar-refractivity contribution >= 4 is 34.6 Å². The monoisotopic (exact) mass is 484 g/mol. The number of hydrogen-bond donors (Lipinski definition) is 4. The van der Waals surface area contributed by atoms with E-state index in [4.69, 9.17) is 16.3 Å². The van der Waals surface area contributed by atoms with Crippen molar-refractivity contribution in [1.29, 1.82) is 0 Å². The number of halogens is 3. The maximum Gasteiger partial charge on any atom is 0.255 e. The summed E-state index contributed by atoms with van der Waals surface area (Å²) in [5.74, 6) is -0.598. The molecule has 0 aliphatic carbocycles. The molecular weight excluding hydrogens is 462 g/mol. The van der Waals surface area contributed by atoms with Crippen LogP contribution >= 0.6 is 11.6 Å². The normalized spacial score (nSPS) is 17.1. The molecule has 2 aliphatic rings. The molecule has 5 rings (SSSR count). The predicted molar refractivity (Wildman–Crippen MR) is 128 cm³/mol. The van der Waals surface area contributed by atoms with E-state index < -0.39 is 17.7 Å². The van der Waals surface area contributed by atoms with Crippen LogP contribution in [0.1, 0.15) is 35.3 Å². The number of benzene rings is 3. The summed E-state index contributed by atoms with van der Waals surface area (Å²) in [6, 6.07) is 12.1. The second kappa shape index (κ2) is 8.36. The lowest BCUT2D eigenvalue weighted by atomic mass is 9.97. The van der Waals surface area contributed by atoms with Gasteiger partial charge in [-0.3, -0.25) is 4.79 Å². The van der Waals surface area contributed by atoms with Gasteiger partial charge >= 0.3 is 0 Å². The molecule has 9 heteroatoms. The summed E-state index contributed by atoms with van der Waals surface area (Å²) in [5.41, 5.74) is 3.20. The molecule has 34 heavy (non-hydrogen) atoms. The Morgan fingerprint density at radius 3 is 2.68 bits per heavy atom. The van der Waals surface area contributed by atoms with Gasteiger partial charge in [0.05, 0.1) is 27.6 Å². The van der Waals surface area contributed by atoms with Crippen molar-refractivity contribution in [1.82, 2.24) is 5.32 Å². The summed E-state index contributed by atoms with van der Waals surface area (Å²) < 4.78 is 33.6. The molecule has 3 aromatic carbocycles. The van der Waals surface area contributed by atoms with Crippen LogP contribution in [0.5, 0.6) is 5.75 Å². The summed E-state index contributed by atoms with van der Waals surface area (Å²) in [4.78, 5) is 13.1. The number of fused-ring (bicyclic) bond motifs is 3. The zero-order chi connectivity index (χ0) is 24.0. The van der Waals surface area contributed by atoms with Crippen molar-refractivity contribution in [2.75, 3.05) is 16.0 Å². The Labute approximate surface area is 200 Å². The highest BCUT2D eigenvalue weighted by Crippen LogP contribution is 2.48. The van der Waals surface area contributed by atoms with Crippen LogP contribution in [-0.4, -0.2) is 17.8 Å². The van der Waals surface area contributed by atoms with E-state index in [-0.39, 0.29) is 29.0 Å². The highest BCUT2D eigenvalue weighted by atomic mass is 35.5. The van der Waals surface area contributed by atoms with E-state index in [0.717, 1.165) is 16.8 Å². The molecule has 1 atom stereocenters. The summed E-state index contributed by atoms with van der Waals surface area (Å²) in [6.45, 7) is 4.16. The highest BCUT2D eigenvalue weighted by Gasteiger charge is 2.39. The highest BCUT2D eigenvalue weighted by molar-refractivity contribution is 6.33. The van der Waals surface area contributed by atoms with E-state index in [0.29, 0.717) is 23.4 Å². The molecule has 3 aromatic rings. The van der Waals surface area contributed by atoms with E-state index in [1.54, 1.807) is 24.3 Å². The first-order valence-corrected chi connectivity index (χ1v) is 11.2. The minimum Gasteiger partial charge on any atom is -0.486 e. The molecule has 0 spiro atoms. The average molecular weight is 485 g/mol. The topological polar surface area (TPSA) is 74.4 Å². The first-order chi connectivity index (χ1) is 16.2. The molecule has 2 aliphatic heterocycles. The van der Waals surface area contributed by atoms with Crippen LogP contribution in [0.2, 0.25) is 5.02 Å². The zero-order valence-electron chi connectivity index (χ0n) is 18.6. The first kappa shape index (κ1) is 22.3. The van der Waals surface area contributed by atoms with E-state index in [1.807, 2.05) is 13.8 Å². The fraction of sp³-hybridized carbons (Fsp3) is 0.240.